The molecule has 0 radical (unpaired) electrons. The van der Waals surface area contributed by atoms with E-state index in [4.69, 9.17) is 9.47 Å². The highest BCUT2D eigenvalue weighted by Gasteiger charge is 2.38. The van der Waals surface area contributed by atoms with Gasteiger partial charge in [-0.1, -0.05) is 30.3 Å². The molecule has 1 amide bonds. The summed E-state index contributed by atoms with van der Waals surface area (Å²) in [6.07, 6.45) is 0. The summed E-state index contributed by atoms with van der Waals surface area (Å²) in [5.41, 5.74) is 1.97. The van der Waals surface area contributed by atoms with Gasteiger partial charge in [0.25, 0.3) is 5.91 Å². The normalized spacial score (nSPS) is 22.7. The van der Waals surface area contributed by atoms with Gasteiger partial charge in [-0.2, -0.15) is 0 Å². The fraction of sp³-hybridized carbons (Fsp3) is 0.458. The van der Waals surface area contributed by atoms with Gasteiger partial charge in [-0.3, -0.25) is 4.79 Å². The zero-order valence-electron chi connectivity index (χ0n) is 18.1. The van der Waals surface area contributed by atoms with Crippen LogP contribution in [-0.4, -0.2) is 70.4 Å². The summed E-state index contributed by atoms with van der Waals surface area (Å²) in [6, 6.07) is 14.6. The molecule has 7 heteroatoms. The maximum absolute atomic E-state index is 13.7. The lowest BCUT2D eigenvalue weighted by Gasteiger charge is -2.37. The number of benzene rings is 2. The maximum Gasteiger partial charge on any atom is 0.285 e. The minimum absolute atomic E-state index is 0.190. The Morgan fingerprint density at radius 2 is 1.81 bits per heavy atom. The Bertz CT molecular complexity index is 866. The number of quaternary nitrogens is 2. The lowest BCUT2D eigenvalue weighted by Crippen LogP contribution is -3.28. The van der Waals surface area contributed by atoms with E-state index in [-0.39, 0.29) is 17.8 Å². The lowest BCUT2D eigenvalue weighted by molar-refractivity contribution is -1.03. The van der Waals surface area contributed by atoms with Crippen LogP contribution in [0.1, 0.15) is 17.2 Å². The average Bonchev–Trinajstić information content (AvgIpc) is 2.82. The zero-order valence-corrected chi connectivity index (χ0v) is 18.1. The third-order valence-electron chi connectivity index (χ3n) is 6.39. The van der Waals surface area contributed by atoms with Gasteiger partial charge in [-0.25, -0.2) is 4.39 Å². The lowest BCUT2D eigenvalue weighted by atomic mass is 10.0. The van der Waals surface area contributed by atoms with Crippen LogP contribution in [0.15, 0.2) is 48.5 Å². The van der Waals surface area contributed by atoms with Crippen LogP contribution >= 0.6 is 0 Å². The van der Waals surface area contributed by atoms with Crippen LogP contribution < -0.4 is 14.5 Å². The molecule has 0 aromatic heterocycles. The van der Waals surface area contributed by atoms with Gasteiger partial charge in [-0.05, 0) is 18.2 Å². The van der Waals surface area contributed by atoms with Crippen molar-refractivity contribution in [2.24, 2.45) is 0 Å². The number of rotatable bonds is 6. The summed E-state index contributed by atoms with van der Waals surface area (Å²) in [6.45, 7) is 6.89. The summed E-state index contributed by atoms with van der Waals surface area (Å²) in [7, 11) is 1.62. The van der Waals surface area contributed by atoms with Crippen LogP contribution in [0.2, 0.25) is 0 Å². The molecular weight excluding hydrogens is 397 g/mol. The monoisotopic (exact) mass is 429 g/mol. The van der Waals surface area contributed by atoms with Crippen molar-refractivity contribution < 1.29 is 28.5 Å². The molecular formula is C24H32FN3O3+2. The third kappa shape index (κ3) is 5.23. The fourth-order valence-electron chi connectivity index (χ4n) is 4.71. The number of nitrogens with zero attached hydrogens (tertiary/aromatic N) is 1. The van der Waals surface area contributed by atoms with Gasteiger partial charge in [0.15, 0.2) is 6.04 Å². The first kappa shape index (κ1) is 21.7. The van der Waals surface area contributed by atoms with E-state index < -0.39 is 0 Å². The predicted molar refractivity (Wildman–Crippen MR) is 115 cm³/mol. The minimum Gasteiger partial charge on any atom is -0.496 e. The van der Waals surface area contributed by atoms with E-state index in [0.717, 1.165) is 49.6 Å². The van der Waals surface area contributed by atoms with E-state index in [2.05, 4.69) is 12.1 Å². The Kier molecular flexibility index (Phi) is 7.17. The molecule has 0 spiro atoms. The van der Waals surface area contributed by atoms with Gasteiger partial charge in [0.1, 0.15) is 44.3 Å². The van der Waals surface area contributed by atoms with E-state index in [0.29, 0.717) is 26.3 Å². The van der Waals surface area contributed by atoms with Crippen LogP contribution in [0.3, 0.4) is 0 Å². The molecule has 2 N–H and O–H groups in total. The molecule has 1 atom stereocenters. The number of piperazine rings is 1. The van der Waals surface area contributed by atoms with E-state index in [1.807, 2.05) is 23.1 Å². The number of methoxy groups -OCH3 is 1. The number of hydrogen-bond donors (Lipinski definition) is 2. The first-order valence-corrected chi connectivity index (χ1v) is 11.1. The molecule has 166 valence electrons. The average molecular weight is 430 g/mol. The van der Waals surface area contributed by atoms with E-state index >= 15 is 0 Å². The SMILES string of the molecule is COc1ccc(F)cc1C[NH+]1CC[NH+]([C@H](C(=O)N2CCOCC2)c2ccccc2)CC1. The number of hydrogen-bond acceptors (Lipinski definition) is 3. The van der Waals surface area contributed by atoms with Gasteiger partial charge in [-0.15, -0.1) is 0 Å². The number of carbonyl (C=O) groups excluding carboxylic acids is 1. The predicted octanol–water partition coefficient (Wildman–Crippen LogP) is -0.282. The molecule has 31 heavy (non-hydrogen) atoms. The zero-order chi connectivity index (χ0) is 21.6. The van der Waals surface area contributed by atoms with Gasteiger partial charge in [0.2, 0.25) is 0 Å². The van der Waals surface area contributed by atoms with E-state index in [9.17, 15) is 9.18 Å². The van der Waals surface area contributed by atoms with Crippen LogP contribution in [0.4, 0.5) is 4.39 Å². The topological polar surface area (TPSA) is 47.7 Å². The van der Waals surface area contributed by atoms with Crippen LogP contribution in [0.25, 0.3) is 0 Å². The molecule has 2 aliphatic rings. The summed E-state index contributed by atoms with van der Waals surface area (Å²) in [5, 5.41) is 0. The number of morpholine rings is 1. The first-order valence-electron chi connectivity index (χ1n) is 11.1. The van der Waals surface area contributed by atoms with Crippen molar-refractivity contribution in [3.05, 3.63) is 65.5 Å². The van der Waals surface area contributed by atoms with Crippen molar-refractivity contribution in [2.45, 2.75) is 12.6 Å². The van der Waals surface area contributed by atoms with E-state index in [1.165, 1.54) is 15.9 Å². The molecule has 0 unspecified atom stereocenters. The molecule has 2 saturated heterocycles. The molecule has 0 saturated carbocycles. The Labute approximate surface area is 183 Å². The minimum atomic E-state index is -0.236. The first-order chi connectivity index (χ1) is 15.2. The van der Waals surface area contributed by atoms with Crippen LogP contribution in [-0.2, 0) is 16.1 Å². The smallest absolute Gasteiger partial charge is 0.285 e. The summed E-state index contributed by atoms with van der Waals surface area (Å²) in [5.74, 6) is 0.688. The van der Waals surface area contributed by atoms with Crippen LogP contribution in [0, 0.1) is 5.82 Å². The summed E-state index contributed by atoms with van der Waals surface area (Å²) >= 11 is 0. The highest BCUT2D eigenvalue weighted by molar-refractivity contribution is 5.82. The highest BCUT2D eigenvalue weighted by atomic mass is 19.1. The number of ether oxygens (including phenoxy) is 2. The maximum atomic E-state index is 13.7. The fourth-order valence-corrected chi connectivity index (χ4v) is 4.71. The number of amides is 1. The van der Waals surface area contributed by atoms with Crippen molar-refractivity contribution in [1.29, 1.82) is 0 Å². The van der Waals surface area contributed by atoms with Crippen LogP contribution in [0.5, 0.6) is 5.75 Å². The Morgan fingerprint density at radius 3 is 2.48 bits per heavy atom. The summed E-state index contributed by atoms with van der Waals surface area (Å²) < 4.78 is 24.6. The standard InChI is InChI=1S/C24H30FN3O3/c1-30-22-8-7-21(25)17-20(22)18-26-9-11-27(12-10-26)23(19-5-3-2-4-6-19)24(29)28-13-15-31-16-14-28/h2-8,17,23H,9-16,18H2,1H3/p+2/t23-/m0/s1. The number of nitrogens with one attached hydrogen (secondary N) is 2. The quantitative estimate of drug-likeness (QED) is 0.664. The van der Waals surface area contributed by atoms with Crippen molar-refractivity contribution >= 4 is 5.91 Å². The Morgan fingerprint density at radius 1 is 1.10 bits per heavy atom. The van der Waals surface area contributed by atoms with Gasteiger partial charge >= 0.3 is 0 Å². The molecule has 2 fully saturated rings. The van der Waals surface area contributed by atoms with Crippen molar-refractivity contribution in [3.63, 3.8) is 0 Å². The second-order valence-corrected chi connectivity index (χ2v) is 8.32. The molecule has 2 aromatic rings. The Balaban J connectivity index is 1.45. The van der Waals surface area contributed by atoms with Gasteiger partial charge < -0.3 is 24.2 Å². The molecule has 4 rings (SSSR count). The van der Waals surface area contributed by atoms with E-state index in [1.54, 1.807) is 19.2 Å². The molecule has 0 aliphatic carbocycles. The molecule has 6 nitrogen and oxygen atoms in total. The number of carbonyl (C=O) groups is 1. The Hall–Kier alpha value is -2.48. The van der Waals surface area contributed by atoms with Gasteiger partial charge in [0.05, 0.1) is 25.9 Å². The second-order valence-electron chi connectivity index (χ2n) is 8.32. The number of halogens is 1. The molecule has 2 heterocycles. The third-order valence-corrected chi connectivity index (χ3v) is 6.39. The highest BCUT2D eigenvalue weighted by Crippen LogP contribution is 2.18. The molecule has 0 bridgehead atoms. The van der Waals surface area contributed by atoms with Crippen molar-refractivity contribution in [2.75, 3.05) is 59.6 Å². The molecule has 2 aliphatic heterocycles. The van der Waals surface area contributed by atoms with Crippen molar-refractivity contribution in [1.82, 2.24) is 4.90 Å². The van der Waals surface area contributed by atoms with Crippen molar-refractivity contribution in [3.8, 4) is 5.75 Å². The largest absolute Gasteiger partial charge is 0.496 e. The molecule has 2 aromatic carbocycles. The second kappa shape index (κ2) is 10.2. The van der Waals surface area contributed by atoms with Gasteiger partial charge in [0, 0.05) is 18.7 Å². The summed E-state index contributed by atoms with van der Waals surface area (Å²) in [4.78, 5) is 18.1.